The first-order chi connectivity index (χ1) is 7.34. The van der Waals surface area contributed by atoms with Gasteiger partial charge in [-0.2, -0.15) is 11.8 Å². The van der Waals surface area contributed by atoms with Gasteiger partial charge in [0.1, 0.15) is 0 Å². The summed E-state index contributed by atoms with van der Waals surface area (Å²) in [5, 5.41) is 0. The average molecular weight is 222 g/mol. The number of hydrogen-bond acceptors (Lipinski definition) is 3. The quantitative estimate of drug-likeness (QED) is 0.778. The molecule has 0 unspecified atom stereocenters. The molecule has 0 spiro atoms. The van der Waals surface area contributed by atoms with Crippen LogP contribution in [-0.4, -0.2) is 29.5 Å². The lowest BCUT2D eigenvalue weighted by Gasteiger charge is -2.19. The van der Waals surface area contributed by atoms with Crippen LogP contribution in [0.15, 0.2) is 24.3 Å². The number of hydrogen-bond donors (Lipinski definition) is 1. The highest BCUT2D eigenvalue weighted by molar-refractivity contribution is 7.99. The largest absolute Gasteiger partial charge is 0.399 e. The van der Waals surface area contributed by atoms with Crippen molar-refractivity contribution in [3.8, 4) is 0 Å². The predicted octanol–water partition coefficient (Wildman–Crippen LogP) is 2.21. The molecule has 3 heteroatoms. The molecule has 0 amide bonds. The van der Waals surface area contributed by atoms with Crippen molar-refractivity contribution in [2.75, 3.05) is 30.3 Å². The van der Waals surface area contributed by atoms with Gasteiger partial charge in [-0.15, -0.1) is 0 Å². The zero-order valence-electron chi connectivity index (χ0n) is 8.98. The van der Waals surface area contributed by atoms with E-state index >= 15 is 0 Å². The Morgan fingerprint density at radius 2 is 1.93 bits per heavy atom. The number of nitrogens with zero attached hydrogens (tertiary/aromatic N) is 1. The maximum atomic E-state index is 5.67. The second kappa shape index (κ2) is 5.42. The summed E-state index contributed by atoms with van der Waals surface area (Å²) in [7, 11) is 0. The second-order valence-corrected chi connectivity index (χ2v) is 5.21. The topological polar surface area (TPSA) is 29.3 Å². The van der Waals surface area contributed by atoms with Crippen LogP contribution in [0, 0.1) is 0 Å². The molecule has 0 radical (unpaired) electrons. The van der Waals surface area contributed by atoms with Crippen molar-refractivity contribution >= 4 is 17.4 Å². The number of thioether (sulfide) groups is 1. The van der Waals surface area contributed by atoms with E-state index in [1.807, 2.05) is 12.1 Å². The van der Waals surface area contributed by atoms with Gasteiger partial charge in [-0.25, -0.2) is 0 Å². The van der Waals surface area contributed by atoms with Crippen LogP contribution in [0.3, 0.4) is 0 Å². The van der Waals surface area contributed by atoms with Gasteiger partial charge in [0.25, 0.3) is 0 Å². The van der Waals surface area contributed by atoms with Gasteiger partial charge in [-0.05, 0) is 36.4 Å². The van der Waals surface area contributed by atoms with Crippen LogP contribution in [0.25, 0.3) is 0 Å². The third kappa shape index (κ3) is 3.43. The van der Waals surface area contributed by atoms with Crippen LogP contribution in [0.5, 0.6) is 0 Å². The summed E-state index contributed by atoms with van der Waals surface area (Å²) in [5.41, 5.74) is 7.89. The standard InChI is InChI=1S/C12H18N2S/c13-12-4-2-11(3-5-12)10-14-6-1-8-15-9-7-14/h2-5H,1,6-10,13H2. The predicted molar refractivity (Wildman–Crippen MR) is 68.1 cm³/mol. The maximum absolute atomic E-state index is 5.67. The molecule has 1 heterocycles. The number of benzene rings is 1. The summed E-state index contributed by atoms with van der Waals surface area (Å²) in [6, 6.07) is 8.24. The molecule has 2 N–H and O–H groups in total. The smallest absolute Gasteiger partial charge is 0.0314 e. The van der Waals surface area contributed by atoms with Gasteiger partial charge < -0.3 is 5.73 Å². The average Bonchev–Trinajstić information content (AvgIpc) is 2.50. The number of nitrogens with two attached hydrogens (primary N) is 1. The van der Waals surface area contributed by atoms with Crippen molar-refractivity contribution in [1.29, 1.82) is 0 Å². The highest BCUT2D eigenvalue weighted by atomic mass is 32.2. The summed E-state index contributed by atoms with van der Waals surface area (Å²) in [6.07, 6.45) is 1.32. The van der Waals surface area contributed by atoms with E-state index in [-0.39, 0.29) is 0 Å². The van der Waals surface area contributed by atoms with Crippen LogP contribution >= 0.6 is 11.8 Å². The van der Waals surface area contributed by atoms with Gasteiger partial charge in [0.15, 0.2) is 0 Å². The van der Waals surface area contributed by atoms with Crippen LogP contribution in [-0.2, 0) is 6.54 Å². The highest BCUT2D eigenvalue weighted by Gasteiger charge is 2.09. The van der Waals surface area contributed by atoms with E-state index in [1.165, 1.54) is 36.6 Å². The van der Waals surface area contributed by atoms with Gasteiger partial charge in [0, 0.05) is 24.5 Å². The van der Waals surface area contributed by atoms with Crippen molar-refractivity contribution in [2.24, 2.45) is 0 Å². The van der Waals surface area contributed by atoms with Gasteiger partial charge >= 0.3 is 0 Å². The molecule has 1 aromatic carbocycles. The lowest BCUT2D eigenvalue weighted by molar-refractivity contribution is 0.287. The van der Waals surface area contributed by atoms with Gasteiger partial charge in [-0.3, -0.25) is 4.90 Å². The molecule has 0 bridgehead atoms. The molecule has 2 nitrogen and oxygen atoms in total. The molecule has 0 atom stereocenters. The first kappa shape index (κ1) is 10.8. The van der Waals surface area contributed by atoms with Gasteiger partial charge in [0.2, 0.25) is 0 Å². The highest BCUT2D eigenvalue weighted by Crippen LogP contribution is 2.13. The Kier molecular flexibility index (Phi) is 3.92. The third-order valence-corrected chi connectivity index (χ3v) is 3.75. The summed E-state index contributed by atoms with van der Waals surface area (Å²) < 4.78 is 0. The first-order valence-corrected chi connectivity index (χ1v) is 6.64. The Balaban J connectivity index is 1.92. The Morgan fingerprint density at radius 1 is 1.13 bits per heavy atom. The third-order valence-electron chi connectivity index (χ3n) is 2.70. The van der Waals surface area contributed by atoms with Crippen molar-refractivity contribution in [1.82, 2.24) is 4.90 Å². The first-order valence-electron chi connectivity index (χ1n) is 5.49. The molecule has 0 saturated carbocycles. The maximum Gasteiger partial charge on any atom is 0.0314 e. The molecule has 0 aromatic heterocycles. The molecule has 0 aliphatic carbocycles. The van der Waals surface area contributed by atoms with Crippen molar-refractivity contribution in [3.63, 3.8) is 0 Å². The monoisotopic (exact) mass is 222 g/mol. The van der Waals surface area contributed by atoms with Gasteiger partial charge in [0.05, 0.1) is 0 Å². The van der Waals surface area contributed by atoms with E-state index in [1.54, 1.807) is 0 Å². The summed E-state index contributed by atoms with van der Waals surface area (Å²) in [4.78, 5) is 2.53. The lowest BCUT2D eigenvalue weighted by atomic mass is 10.2. The molecule has 1 aliphatic heterocycles. The zero-order valence-corrected chi connectivity index (χ0v) is 9.80. The number of rotatable bonds is 2. The van der Waals surface area contributed by atoms with Crippen molar-refractivity contribution in [2.45, 2.75) is 13.0 Å². The molecular weight excluding hydrogens is 204 g/mol. The fourth-order valence-corrected chi connectivity index (χ4v) is 2.76. The molecule has 2 rings (SSSR count). The minimum absolute atomic E-state index is 0.852. The van der Waals surface area contributed by atoms with E-state index in [2.05, 4.69) is 28.8 Å². The summed E-state index contributed by atoms with van der Waals surface area (Å²) >= 11 is 2.07. The SMILES string of the molecule is Nc1ccc(CN2CCCSCC2)cc1. The van der Waals surface area contributed by atoms with E-state index in [4.69, 9.17) is 5.73 Å². The van der Waals surface area contributed by atoms with E-state index in [0.29, 0.717) is 0 Å². The van der Waals surface area contributed by atoms with Gasteiger partial charge in [-0.1, -0.05) is 12.1 Å². The fraction of sp³-hybridized carbons (Fsp3) is 0.500. The van der Waals surface area contributed by atoms with Crippen LogP contribution in [0.2, 0.25) is 0 Å². The van der Waals surface area contributed by atoms with Crippen LogP contribution < -0.4 is 5.73 Å². The van der Waals surface area contributed by atoms with E-state index < -0.39 is 0 Å². The van der Waals surface area contributed by atoms with E-state index in [0.717, 1.165) is 12.2 Å². The number of nitrogen functional groups attached to an aromatic ring is 1. The Bertz CT molecular complexity index is 289. The fourth-order valence-electron chi connectivity index (χ4n) is 1.84. The zero-order chi connectivity index (χ0) is 10.5. The minimum atomic E-state index is 0.852. The molecular formula is C12H18N2S. The Labute approximate surface area is 95.8 Å². The summed E-state index contributed by atoms with van der Waals surface area (Å²) in [5.74, 6) is 2.59. The second-order valence-electron chi connectivity index (χ2n) is 3.98. The molecule has 1 aromatic rings. The molecule has 15 heavy (non-hydrogen) atoms. The molecule has 1 fully saturated rings. The molecule has 82 valence electrons. The summed E-state index contributed by atoms with van der Waals surface area (Å²) in [6.45, 7) is 3.52. The van der Waals surface area contributed by atoms with Crippen LogP contribution in [0.1, 0.15) is 12.0 Å². The Morgan fingerprint density at radius 3 is 2.73 bits per heavy atom. The molecule has 1 saturated heterocycles. The van der Waals surface area contributed by atoms with E-state index in [9.17, 15) is 0 Å². The minimum Gasteiger partial charge on any atom is -0.399 e. The van der Waals surface area contributed by atoms with Crippen molar-refractivity contribution < 1.29 is 0 Å². The Hall–Kier alpha value is -0.670. The normalized spacial score (nSPS) is 18.7. The molecule has 1 aliphatic rings. The lowest BCUT2D eigenvalue weighted by Crippen LogP contribution is -2.25. The number of anilines is 1. The van der Waals surface area contributed by atoms with Crippen LogP contribution in [0.4, 0.5) is 5.69 Å². The van der Waals surface area contributed by atoms with Crippen molar-refractivity contribution in [3.05, 3.63) is 29.8 Å².